The van der Waals surface area contributed by atoms with E-state index in [4.69, 9.17) is 11.5 Å². The van der Waals surface area contributed by atoms with Crippen molar-refractivity contribution in [3.05, 3.63) is 59.7 Å². The predicted molar refractivity (Wildman–Crippen MR) is 136 cm³/mol. The van der Waals surface area contributed by atoms with E-state index < -0.39 is 66.8 Å². The Bertz CT molecular complexity index is 1170. The van der Waals surface area contributed by atoms with Gasteiger partial charge in [0.25, 0.3) is 0 Å². The zero-order valence-corrected chi connectivity index (χ0v) is 20.7. The van der Waals surface area contributed by atoms with Gasteiger partial charge in [-0.2, -0.15) is 0 Å². The first-order chi connectivity index (χ1) is 18.4. The number of phenolic OH excluding ortho intramolecular Hbond substituents is 2. The lowest BCUT2D eigenvalue weighted by Gasteiger charge is -2.24. The van der Waals surface area contributed by atoms with Crippen molar-refractivity contribution < 1.29 is 44.4 Å². The average Bonchev–Trinajstić information content (AvgIpc) is 2.88. The standard InChI is InChI=1S/C25H31N5O9/c26-17(11-21(27)34)22(35)30-20(12-31)24(37)28-18(9-13-1-5-15(32)6-2-13)23(36)29-19(25(38)39)10-14-3-7-16(33)8-4-14/h1-8,17-20,31-33H,9-12,26H2,(H2,27,34)(H,28,37)(H,29,36)(H,30,35)(H,38,39). The fourth-order valence-corrected chi connectivity index (χ4v) is 3.47. The summed E-state index contributed by atoms with van der Waals surface area (Å²) in [7, 11) is 0. The number of nitrogens with two attached hydrogens (primary N) is 2. The van der Waals surface area contributed by atoms with Crippen molar-refractivity contribution in [1.29, 1.82) is 0 Å². The number of amides is 4. The summed E-state index contributed by atoms with van der Waals surface area (Å²) in [6, 6.07) is 5.69. The van der Waals surface area contributed by atoms with Crippen LogP contribution in [0.1, 0.15) is 17.5 Å². The van der Waals surface area contributed by atoms with Gasteiger partial charge >= 0.3 is 5.97 Å². The highest BCUT2D eigenvalue weighted by Gasteiger charge is 2.30. The number of aliphatic hydroxyl groups is 1. The van der Waals surface area contributed by atoms with Crippen LogP contribution in [0, 0.1) is 0 Å². The number of carbonyl (C=O) groups is 5. The van der Waals surface area contributed by atoms with Gasteiger partial charge in [0, 0.05) is 12.8 Å². The molecule has 210 valence electrons. The number of benzene rings is 2. The Morgan fingerprint density at radius 3 is 1.54 bits per heavy atom. The number of hydrogen-bond donors (Lipinski definition) is 9. The highest BCUT2D eigenvalue weighted by Crippen LogP contribution is 2.13. The number of rotatable bonds is 14. The minimum Gasteiger partial charge on any atom is -0.508 e. The molecule has 2 rings (SSSR count). The Balaban J connectivity index is 2.21. The third-order valence-electron chi connectivity index (χ3n) is 5.57. The molecular formula is C25H31N5O9. The first kappa shape index (κ1) is 30.5. The second-order valence-corrected chi connectivity index (χ2v) is 8.72. The smallest absolute Gasteiger partial charge is 0.326 e. The van der Waals surface area contributed by atoms with Crippen molar-refractivity contribution >= 4 is 29.6 Å². The average molecular weight is 546 g/mol. The van der Waals surface area contributed by atoms with Gasteiger partial charge in [-0.15, -0.1) is 0 Å². The molecule has 0 fully saturated rings. The minimum atomic E-state index is -1.56. The molecule has 39 heavy (non-hydrogen) atoms. The monoisotopic (exact) mass is 545 g/mol. The van der Waals surface area contributed by atoms with Gasteiger partial charge in [0.15, 0.2) is 0 Å². The van der Waals surface area contributed by atoms with Gasteiger partial charge in [-0.05, 0) is 35.4 Å². The maximum absolute atomic E-state index is 13.2. The van der Waals surface area contributed by atoms with E-state index in [-0.39, 0.29) is 24.3 Å². The van der Waals surface area contributed by atoms with Crippen molar-refractivity contribution in [2.24, 2.45) is 11.5 Å². The lowest BCUT2D eigenvalue weighted by atomic mass is 10.0. The van der Waals surface area contributed by atoms with Gasteiger partial charge in [0.1, 0.15) is 29.6 Å². The van der Waals surface area contributed by atoms with Crippen LogP contribution in [0.25, 0.3) is 0 Å². The summed E-state index contributed by atoms with van der Waals surface area (Å²) in [5, 5.41) is 45.2. The van der Waals surface area contributed by atoms with E-state index in [1.807, 2.05) is 0 Å². The van der Waals surface area contributed by atoms with Gasteiger partial charge in [0.2, 0.25) is 23.6 Å². The molecule has 0 bridgehead atoms. The molecule has 11 N–H and O–H groups in total. The zero-order valence-electron chi connectivity index (χ0n) is 20.7. The Labute approximate surface area is 223 Å². The summed E-state index contributed by atoms with van der Waals surface area (Å²) in [5.74, 6) is -5.07. The number of carboxylic acids is 1. The van der Waals surface area contributed by atoms with Crippen LogP contribution in [-0.2, 0) is 36.8 Å². The highest BCUT2D eigenvalue weighted by molar-refractivity contribution is 5.95. The SMILES string of the molecule is NC(=O)CC(N)C(=O)NC(CO)C(=O)NC(Cc1ccc(O)cc1)C(=O)NC(Cc1ccc(O)cc1)C(=O)O. The number of aliphatic hydroxyl groups excluding tert-OH is 1. The topological polar surface area (TPSA) is 254 Å². The van der Waals surface area contributed by atoms with Crippen LogP contribution in [0.15, 0.2) is 48.5 Å². The van der Waals surface area contributed by atoms with Gasteiger partial charge in [-0.1, -0.05) is 24.3 Å². The molecule has 0 radical (unpaired) electrons. The van der Waals surface area contributed by atoms with Crippen molar-refractivity contribution in [2.75, 3.05) is 6.61 Å². The van der Waals surface area contributed by atoms with Crippen LogP contribution in [0.4, 0.5) is 0 Å². The summed E-state index contributed by atoms with van der Waals surface area (Å²) in [6.45, 7) is -0.882. The number of carbonyl (C=O) groups excluding carboxylic acids is 4. The normalized spacial score (nSPS) is 13.8. The first-order valence-electron chi connectivity index (χ1n) is 11.7. The Morgan fingerprint density at radius 1 is 0.692 bits per heavy atom. The molecule has 0 heterocycles. The number of primary amides is 1. The quantitative estimate of drug-likeness (QED) is 0.122. The highest BCUT2D eigenvalue weighted by atomic mass is 16.4. The summed E-state index contributed by atoms with van der Waals surface area (Å²) in [6.07, 6.45) is -0.778. The largest absolute Gasteiger partial charge is 0.508 e. The van der Waals surface area contributed by atoms with Crippen LogP contribution in [-0.4, -0.2) is 80.8 Å². The number of phenols is 2. The maximum Gasteiger partial charge on any atom is 0.326 e. The summed E-state index contributed by atoms with van der Waals surface area (Å²) in [5.41, 5.74) is 11.6. The second kappa shape index (κ2) is 14.3. The van der Waals surface area contributed by atoms with Gasteiger partial charge < -0.3 is 47.8 Å². The van der Waals surface area contributed by atoms with Gasteiger partial charge in [-0.3, -0.25) is 19.2 Å². The van der Waals surface area contributed by atoms with E-state index in [2.05, 4.69) is 16.0 Å². The molecule has 0 spiro atoms. The van der Waals surface area contributed by atoms with Crippen LogP contribution < -0.4 is 27.4 Å². The van der Waals surface area contributed by atoms with E-state index in [1.54, 1.807) is 0 Å². The molecule has 0 saturated heterocycles. The maximum atomic E-state index is 13.2. The molecule has 0 aliphatic heterocycles. The zero-order chi connectivity index (χ0) is 29.1. The molecule has 2 aromatic rings. The van der Waals surface area contributed by atoms with Crippen LogP contribution in [0.3, 0.4) is 0 Å². The Hall–Kier alpha value is -4.69. The number of hydrogen-bond acceptors (Lipinski definition) is 9. The number of aliphatic carboxylic acids is 1. The molecular weight excluding hydrogens is 514 g/mol. The Morgan fingerprint density at radius 2 is 1.10 bits per heavy atom. The molecule has 4 unspecified atom stereocenters. The number of nitrogens with one attached hydrogen (secondary N) is 3. The van der Waals surface area contributed by atoms with E-state index in [1.165, 1.54) is 48.5 Å². The second-order valence-electron chi connectivity index (χ2n) is 8.72. The summed E-state index contributed by atoms with van der Waals surface area (Å²) in [4.78, 5) is 61.1. The van der Waals surface area contributed by atoms with E-state index in [0.717, 1.165) is 0 Å². The molecule has 0 aliphatic rings. The Kier molecular flexibility index (Phi) is 11.2. The van der Waals surface area contributed by atoms with Gasteiger partial charge in [0.05, 0.1) is 19.1 Å². The van der Waals surface area contributed by atoms with Crippen molar-refractivity contribution in [1.82, 2.24) is 16.0 Å². The predicted octanol–water partition coefficient (Wildman–Crippen LogP) is -2.38. The minimum absolute atomic E-state index is 0.0209. The van der Waals surface area contributed by atoms with Crippen molar-refractivity contribution in [3.63, 3.8) is 0 Å². The third kappa shape index (κ3) is 9.94. The summed E-state index contributed by atoms with van der Waals surface area (Å²) >= 11 is 0. The van der Waals surface area contributed by atoms with E-state index >= 15 is 0 Å². The fraction of sp³-hybridized carbons (Fsp3) is 0.320. The lowest BCUT2D eigenvalue weighted by Crippen LogP contribution is -2.58. The molecule has 2 aromatic carbocycles. The van der Waals surface area contributed by atoms with Gasteiger partial charge in [-0.25, -0.2) is 4.79 Å². The third-order valence-corrected chi connectivity index (χ3v) is 5.57. The molecule has 14 heteroatoms. The molecule has 14 nitrogen and oxygen atoms in total. The molecule has 0 aromatic heterocycles. The number of carboxylic acid groups (broad SMARTS) is 1. The van der Waals surface area contributed by atoms with E-state index in [9.17, 15) is 44.4 Å². The number of aromatic hydroxyl groups is 2. The summed E-state index contributed by atoms with van der Waals surface area (Å²) < 4.78 is 0. The lowest BCUT2D eigenvalue weighted by molar-refractivity contribution is -0.142. The van der Waals surface area contributed by atoms with Crippen LogP contribution in [0.5, 0.6) is 11.5 Å². The van der Waals surface area contributed by atoms with Crippen LogP contribution >= 0.6 is 0 Å². The van der Waals surface area contributed by atoms with E-state index in [0.29, 0.717) is 11.1 Å². The molecule has 4 amide bonds. The molecule has 4 atom stereocenters. The molecule has 0 aliphatic carbocycles. The van der Waals surface area contributed by atoms with Crippen LogP contribution in [0.2, 0.25) is 0 Å². The molecule has 0 saturated carbocycles. The van der Waals surface area contributed by atoms with Crippen molar-refractivity contribution in [3.8, 4) is 11.5 Å². The fourth-order valence-electron chi connectivity index (χ4n) is 3.47. The first-order valence-corrected chi connectivity index (χ1v) is 11.7. The van der Waals surface area contributed by atoms with Crippen molar-refractivity contribution in [2.45, 2.75) is 43.4 Å².